The van der Waals surface area contributed by atoms with E-state index in [4.69, 9.17) is 0 Å². The maximum absolute atomic E-state index is 13.0. The second-order valence-corrected chi connectivity index (χ2v) is 7.46. The molecule has 0 saturated heterocycles. The van der Waals surface area contributed by atoms with Gasteiger partial charge in [-0.05, 0) is 23.5 Å². The lowest BCUT2D eigenvalue weighted by molar-refractivity contribution is -0.127. The van der Waals surface area contributed by atoms with E-state index in [2.05, 4.69) is 37.7 Å². The van der Waals surface area contributed by atoms with E-state index >= 15 is 0 Å². The molecular weight excluding hydrogens is 302 g/mol. The van der Waals surface area contributed by atoms with Crippen LogP contribution in [0.4, 0.5) is 0 Å². The van der Waals surface area contributed by atoms with Crippen LogP contribution >= 0.6 is 0 Å². The zero-order valence-electron chi connectivity index (χ0n) is 15.4. The van der Waals surface area contributed by atoms with E-state index in [1.807, 2.05) is 13.8 Å². The Hall–Kier alpha value is -2.17. The van der Waals surface area contributed by atoms with Crippen molar-refractivity contribution in [1.82, 2.24) is 15.2 Å². The first-order valence-electron chi connectivity index (χ1n) is 8.27. The van der Waals surface area contributed by atoms with Crippen LogP contribution in [0.2, 0.25) is 0 Å². The summed E-state index contributed by atoms with van der Waals surface area (Å²) in [6.45, 7) is 14.5. The smallest absolute Gasteiger partial charge is 0.256 e. The lowest BCUT2D eigenvalue weighted by Crippen LogP contribution is -2.54. The minimum Gasteiger partial charge on any atom is -0.351 e. The molecule has 24 heavy (non-hydrogen) atoms. The number of amides is 2. The maximum atomic E-state index is 13.0. The molecule has 0 bridgehead atoms. The second kappa shape index (κ2) is 8.62. The van der Waals surface area contributed by atoms with Crippen molar-refractivity contribution in [2.75, 3.05) is 13.1 Å². The van der Waals surface area contributed by atoms with E-state index in [0.717, 1.165) is 0 Å². The van der Waals surface area contributed by atoms with Gasteiger partial charge in [-0.15, -0.1) is 6.58 Å². The van der Waals surface area contributed by atoms with Crippen molar-refractivity contribution < 1.29 is 9.59 Å². The second-order valence-electron chi connectivity index (χ2n) is 7.46. The molecule has 5 nitrogen and oxygen atoms in total. The van der Waals surface area contributed by atoms with Gasteiger partial charge in [0, 0.05) is 25.5 Å². The predicted octanol–water partition coefficient (Wildman–Crippen LogP) is 2.90. The normalized spacial score (nSPS) is 12.6. The Morgan fingerprint density at radius 1 is 1.38 bits per heavy atom. The van der Waals surface area contributed by atoms with Gasteiger partial charge < -0.3 is 10.2 Å². The summed E-state index contributed by atoms with van der Waals surface area (Å²) in [5, 5.41) is 2.82. The third kappa shape index (κ3) is 5.80. The predicted molar refractivity (Wildman–Crippen MR) is 96.6 cm³/mol. The third-order valence-corrected chi connectivity index (χ3v) is 3.47. The molecular formula is C19H29N3O2. The number of nitrogens with one attached hydrogen (secondary N) is 1. The van der Waals surface area contributed by atoms with Crippen LogP contribution in [0.3, 0.4) is 0 Å². The maximum Gasteiger partial charge on any atom is 0.256 e. The van der Waals surface area contributed by atoms with Crippen LogP contribution < -0.4 is 5.32 Å². The molecule has 0 saturated carbocycles. The van der Waals surface area contributed by atoms with Gasteiger partial charge in [-0.2, -0.15) is 0 Å². The van der Waals surface area contributed by atoms with Gasteiger partial charge in [-0.25, -0.2) is 0 Å². The van der Waals surface area contributed by atoms with Crippen molar-refractivity contribution in [2.45, 2.75) is 40.7 Å². The van der Waals surface area contributed by atoms with E-state index in [1.54, 1.807) is 29.3 Å². The summed E-state index contributed by atoms with van der Waals surface area (Å²) in [5.41, 5.74) is 0.355. The highest BCUT2D eigenvalue weighted by Gasteiger charge is 2.35. The van der Waals surface area contributed by atoms with Crippen molar-refractivity contribution >= 4 is 11.8 Å². The summed E-state index contributed by atoms with van der Waals surface area (Å²) < 4.78 is 0. The SMILES string of the molecule is C=CCNC(=O)C(C(C)C)N(CC(C)(C)C)C(=O)c1cccnc1. The molecule has 0 spiro atoms. The molecule has 0 aromatic carbocycles. The summed E-state index contributed by atoms with van der Waals surface area (Å²) in [6, 6.07) is 2.91. The van der Waals surface area contributed by atoms with Gasteiger partial charge in [0.2, 0.25) is 5.91 Å². The van der Waals surface area contributed by atoms with Crippen LogP contribution in [-0.4, -0.2) is 40.8 Å². The number of hydrogen-bond acceptors (Lipinski definition) is 3. The van der Waals surface area contributed by atoms with E-state index in [1.165, 1.54) is 6.20 Å². The average molecular weight is 331 g/mol. The molecule has 5 heteroatoms. The Morgan fingerprint density at radius 2 is 2.04 bits per heavy atom. The Balaban J connectivity index is 3.20. The summed E-state index contributed by atoms with van der Waals surface area (Å²) >= 11 is 0. The highest BCUT2D eigenvalue weighted by atomic mass is 16.2. The Kier molecular flexibility index (Phi) is 7.14. The van der Waals surface area contributed by atoms with Crippen LogP contribution in [0.5, 0.6) is 0 Å². The summed E-state index contributed by atoms with van der Waals surface area (Å²) in [5.74, 6) is -0.352. The Bertz CT molecular complexity index is 562. The highest BCUT2D eigenvalue weighted by molar-refractivity contribution is 5.97. The molecule has 2 amide bonds. The van der Waals surface area contributed by atoms with Gasteiger partial charge in [-0.1, -0.05) is 40.7 Å². The number of carbonyl (C=O) groups is 2. The number of carbonyl (C=O) groups excluding carboxylic acids is 2. The fourth-order valence-corrected chi connectivity index (χ4v) is 2.54. The van der Waals surface area contributed by atoms with E-state index < -0.39 is 6.04 Å². The first-order valence-corrected chi connectivity index (χ1v) is 8.27. The molecule has 0 aliphatic heterocycles. The van der Waals surface area contributed by atoms with E-state index in [-0.39, 0.29) is 23.1 Å². The molecule has 1 N–H and O–H groups in total. The lowest BCUT2D eigenvalue weighted by Gasteiger charge is -2.37. The molecule has 1 atom stereocenters. The zero-order valence-corrected chi connectivity index (χ0v) is 15.4. The molecule has 1 unspecified atom stereocenters. The first-order chi connectivity index (χ1) is 11.2. The van der Waals surface area contributed by atoms with Crippen LogP contribution in [0, 0.1) is 11.3 Å². The number of rotatable bonds is 7. The summed E-state index contributed by atoms with van der Waals surface area (Å²) in [4.78, 5) is 31.4. The van der Waals surface area contributed by atoms with Gasteiger partial charge in [0.05, 0.1) is 5.56 Å². The standard InChI is InChI=1S/C19H29N3O2/c1-7-10-21-17(23)16(14(2)3)22(13-19(4,5)6)18(24)15-9-8-11-20-12-15/h7-9,11-12,14,16H,1,10,13H2,2-6H3,(H,21,23). The number of hydrogen-bond donors (Lipinski definition) is 1. The monoisotopic (exact) mass is 331 g/mol. The largest absolute Gasteiger partial charge is 0.351 e. The molecule has 1 aromatic heterocycles. The van der Waals surface area contributed by atoms with Crippen LogP contribution in [0.1, 0.15) is 45.0 Å². The molecule has 1 aromatic rings. The third-order valence-electron chi connectivity index (χ3n) is 3.47. The molecule has 1 heterocycles. The molecule has 132 valence electrons. The lowest BCUT2D eigenvalue weighted by atomic mass is 9.92. The Labute approximate surface area is 145 Å². The van der Waals surface area contributed by atoms with Crippen LogP contribution in [0.15, 0.2) is 37.2 Å². The van der Waals surface area contributed by atoms with Crippen LogP contribution in [0.25, 0.3) is 0 Å². The number of aromatic nitrogens is 1. The molecule has 0 aliphatic rings. The van der Waals surface area contributed by atoms with Crippen LogP contribution in [-0.2, 0) is 4.79 Å². The molecule has 0 radical (unpaired) electrons. The van der Waals surface area contributed by atoms with Gasteiger partial charge in [0.15, 0.2) is 0 Å². The molecule has 1 rings (SSSR count). The summed E-state index contributed by atoms with van der Waals surface area (Å²) in [7, 11) is 0. The van der Waals surface area contributed by atoms with Gasteiger partial charge in [-0.3, -0.25) is 14.6 Å². The average Bonchev–Trinajstić information content (AvgIpc) is 2.50. The van der Waals surface area contributed by atoms with Crippen molar-refractivity contribution in [3.8, 4) is 0 Å². The van der Waals surface area contributed by atoms with E-state index in [9.17, 15) is 9.59 Å². The zero-order chi connectivity index (χ0) is 18.3. The Morgan fingerprint density at radius 3 is 2.50 bits per heavy atom. The van der Waals surface area contributed by atoms with Gasteiger partial charge >= 0.3 is 0 Å². The van der Waals surface area contributed by atoms with Crippen molar-refractivity contribution in [2.24, 2.45) is 11.3 Å². The number of nitrogens with zero attached hydrogens (tertiary/aromatic N) is 2. The van der Waals surface area contributed by atoms with Gasteiger partial charge in [0.1, 0.15) is 6.04 Å². The quantitative estimate of drug-likeness (QED) is 0.782. The van der Waals surface area contributed by atoms with Crippen molar-refractivity contribution in [3.05, 3.63) is 42.7 Å². The molecule has 0 aliphatic carbocycles. The fourth-order valence-electron chi connectivity index (χ4n) is 2.54. The van der Waals surface area contributed by atoms with Crippen molar-refractivity contribution in [1.29, 1.82) is 0 Å². The minimum atomic E-state index is -0.545. The molecule has 0 fully saturated rings. The summed E-state index contributed by atoms with van der Waals surface area (Å²) in [6.07, 6.45) is 4.80. The highest BCUT2D eigenvalue weighted by Crippen LogP contribution is 2.22. The fraction of sp³-hybridized carbons (Fsp3) is 0.526. The number of pyridine rings is 1. The topological polar surface area (TPSA) is 62.3 Å². The van der Waals surface area contributed by atoms with Crippen molar-refractivity contribution in [3.63, 3.8) is 0 Å². The van der Waals surface area contributed by atoms with E-state index in [0.29, 0.717) is 18.7 Å². The first kappa shape index (κ1) is 19.9. The minimum absolute atomic E-state index is 0.0159. The van der Waals surface area contributed by atoms with Gasteiger partial charge in [0.25, 0.3) is 5.91 Å².